The van der Waals surface area contributed by atoms with Gasteiger partial charge in [0, 0.05) is 0 Å². The minimum Gasteiger partial charge on any atom is -0.497 e. The van der Waals surface area contributed by atoms with E-state index in [1.165, 1.54) is 7.11 Å². The molecule has 0 unspecified atom stereocenters. The summed E-state index contributed by atoms with van der Waals surface area (Å²) in [6.45, 7) is -1.20. The van der Waals surface area contributed by atoms with Gasteiger partial charge >= 0.3 is 0 Å². The Morgan fingerprint density at radius 1 is 0.806 bits per heavy atom. The van der Waals surface area contributed by atoms with Crippen LogP contribution in [-0.2, 0) is 14.2 Å². The van der Waals surface area contributed by atoms with Crippen LogP contribution in [0.4, 0.5) is 0 Å². The summed E-state index contributed by atoms with van der Waals surface area (Å²) >= 11 is 0. The molecule has 31 heavy (non-hydrogen) atoms. The quantitative estimate of drug-likeness (QED) is 0.220. The van der Waals surface area contributed by atoms with Crippen molar-refractivity contribution < 1.29 is 54.3 Å². The standard InChI is InChI=1S/C19H29NO11/c1-27-8-2-4-9(5-3-8)28-19-16(26)15(25)17(11(7-22)30-19)31-18-14(24)12(20)13(23)10(6-21)29-18/h2-5,10-19,21-26H,6-7,20H2,1H3/t10-,11-,12+,13+,14-,15-,16-,17+,18-,19-/m1/s1. The van der Waals surface area contributed by atoms with Crippen molar-refractivity contribution >= 4 is 0 Å². The lowest BCUT2D eigenvalue weighted by Crippen LogP contribution is -2.66. The van der Waals surface area contributed by atoms with Crippen LogP contribution in [-0.4, -0.2) is 112 Å². The third-order valence-electron chi connectivity index (χ3n) is 5.36. The van der Waals surface area contributed by atoms with E-state index in [0.717, 1.165) is 0 Å². The number of aliphatic hydroxyl groups excluding tert-OH is 6. The summed E-state index contributed by atoms with van der Waals surface area (Å²) in [5.41, 5.74) is 5.75. The van der Waals surface area contributed by atoms with E-state index >= 15 is 0 Å². The van der Waals surface area contributed by atoms with Gasteiger partial charge in [-0.25, -0.2) is 0 Å². The van der Waals surface area contributed by atoms with Crippen LogP contribution in [0.3, 0.4) is 0 Å². The first-order valence-corrected chi connectivity index (χ1v) is 9.77. The lowest BCUT2D eigenvalue weighted by atomic mass is 9.96. The molecule has 2 saturated heterocycles. The van der Waals surface area contributed by atoms with E-state index in [9.17, 15) is 30.6 Å². The second-order valence-corrected chi connectivity index (χ2v) is 7.38. The van der Waals surface area contributed by atoms with E-state index in [1.807, 2.05) is 0 Å². The van der Waals surface area contributed by atoms with Gasteiger partial charge in [0.25, 0.3) is 0 Å². The third-order valence-corrected chi connectivity index (χ3v) is 5.36. The zero-order valence-corrected chi connectivity index (χ0v) is 16.8. The van der Waals surface area contributed by atoms with E-state index in [1.54, 1.807) is 24.3 Å². The highest BCUT2D eigenvalue weighted by Crippen LogP contribution is 2.30. The highest BCUT2D eigenvalue weighted by molar-refractivity contribution is 5.31. The van der Waals surface area contributed by atoms with Crippen LogP contribution >= 0.6 is 0 Å². The summed E-state index contributed by atoms with van der Waals surface area (Å²) in [6.07, 6.45) is -12.4. The smallest absolute Gasteiger partial charge is 0.229 e. The summed E-state index contributed by atoms with van der Waals surface area (Å²) in [5.74, 6) is 0.916. The molecule has 0 amide bonds. The molecule has 0 bridgehead atoms. The molecule has 0 radical (unpaired) electrons. The monoisotopic (exact) mass is 447 g/mol. The lowest BCUT2D eigenvalue weighted by molar-refractivity contribution is -0.342. The van der Waals surface area contributed by atoms with Crippen LogP contribution in [0.15, 0.2) is 24.3 Å². The first-order valence-electron chi connectivity index (χ1n) is 9.77. The molecule has 8 N–H and O–H groups in total. The fourth-order valence-electron chi connectivity index (χ4n) is 3.49. The second-order valence-electron chi connectivity index (χ2n) is 7.38. The first kappa shape index (κ1) is 24.1. The number of aliphatic hydroxyl groups is 6. The molecular formula is C19H29NO11. The topological polar surface area (TPSA) is 194 Å². The van der Waals surface area contributed by atoms with Gasteiger partial charge in [-0.1, -0.05) is 0 Å². The van der Waals surface area contributed by atoms with Crippen molar-refractivity contribution in [3.63, 3.8) is 0 Å². The van der Waals surface area contributed by atoms with Crippen LogP contribution in [0.1, 0.15) is 0 Å². The van der Waals surface area contributed by atoms with E-state index in [-0.39, 0.29) is 0 Å². The number of methoxy groups -OCH3 is 1. The summed E-state index contributed by atoms with van der Waals surface area (Å²) in [5, 5.41) is 60.3. The van der Waals surface area contributed by atoms with Gasteiger partial charge in [0.05, 0.1) is 26.4 Å². The molecule has 0 aliphatic carbocycles. The highest BCUT2D eigenvalue weighted by atomic mass is 16.7. The SMILES string of the molecule is COc1ccc(O[C@@H]2O[C@H](CO)[C@H](O[C@H]3O[C@H](CO)[C@H](O)[C@H](N)[C@H]3O)[C@H](O)[C@H]2O)cc1. The van der Waals surface area contributed by atoms with E-state index in [2.05, 4.69) is 0 Å². The minimum atomic E-state index is -1.60. The van der Waals surface area contributed by atoms with E-state index < -0.39 is 74.6 Å². The number of benzene rings is 1. The Kier molecular flexibility index (Phi) is 8.04. The Balaban J connectivity index is 1.70. The molecule has 176 valence electrons. The predicted molar refractivity (Wildman–Crippen MR) is 102 cm³/mol. The Labute approximate surface area is 178 Å². The average Bonchev–Trinajstić information content (AvgIpc) is 2.79. The van der Waals surface area contributed by atoms with E-state index in [4.69, 9.17) is 29.4 Å². The average molecular weight is 447 g/mol. The number of hydrogen-bond donors (Lipinski definition) is 7. The fourth-order valence-corrected chi connectivity index (χ4v) is 3.49. The van der Waals surface area contributed by atoms with Gasteiger partial charge in [-0.05, 0) is 24.3 Å². The molecule has 1 aromatic carbocycles. The molecule has 0 spiro atoms. The molecule has 3 rings (SSSR count). The van der Waals surface area contributed by atoms with Crippen molar-refractivity contribution in [2.45, 2.75) is 61.3 Å². The van der Waals surface area contributed by atoms with Crippen LogP contribution in [0.5, 0.6) is 11.5 Å². The summed E-state index contributed by atoms with van der Waals surface area (Å²) in [7, 11) is 1.51. The molecule has 12 nitrogen and oxygen atoms in total. The fraction of sp³-hybridized carbons (Fsp3) is 0.684. The largest absolute Gasteiger partial charge is 0.497 e. The van der Waals surface area contributed by atoms with Crippen molar-refractivity contribution in [2.24, 2.45) is 5.73 Å². The van der Waals surface area contributed by atoms with Gasteiger partial charge in [0.15, 0.2) is 6.29 Å². The van der Waals surface area contributed by atoms with Crippen molar-refractivity contribution in [3.8, 4) is 11.5 Å². The molecule has 2 fully saturated rings. The maximum Gasteiger partial charge on any atom is 0.229 e. The summed E-state index contributed by atoms with van der Waals surface area (Å²) in [6, 6.07) is 5.22. The van der Waals surface area contributed by atoms with Crippen LogP contribution < -0.4 is 15.2 Å². The zero-order valence-electron chi connectivity index (χ0n) is 16.8. The Morgan fingerprint density at radius 3 is 1.97 bits per heavy atom. The maximum absolute atomic E-state index is 10.6. The lowest BCUT2D eigenvalue weighted by Gasteiger charge is -2.46. The van der Waals surface area contributed by atoms with Crippen LogP contribution in [0.2, 0.25) is 0 Å². The third kappa shape index (κ3) is 5.09. The second kappa shape index (κ2) is 10.4. The van der Waals surface area contributed by atoms with Crippen molar-refractivity contribution in [1.82, 2.24) is 0 Å². The Morgan fingerprint density at radius 2 is 1.39 bits per heavy atom. The zero-order chi connectivity index (χ0) is 22.7. The summed E-state index contributed by atoms with van der Waals surface area (Å²) < 4.78 is 27.1. The van der Waals surface area contributed by atoms with Gasteiger partial charge in [0.2, 0.25) is 6.29 Å². The number of rotatable bonds is 7. The predicted octanol–water partition coefficient (Wildman–Crippen LogP) is -3.34. The molecule has 2 aliphatic heterocycles. The molecule has 10 atom stereocenters. The number of nitrogens with two attached hydrogens (primary N) is 1. The normalized spacial score (nSPS) is 41.0. The minimum absolute atomic E-state index is 0.324. The molecule has 2 aliphatic rings. The molecule has 0 aromatic heterocycles. The van der Waals surface area contributed by atoms with Gasteiger partial charge < -0.3 is 60.1 Å². The molecule has 12 heteroatoms. The van der Waals surface area contributed by atoms with Gasteiger partial charge in [-0.2, -0.15) is 0 Å². The molecule has 0 saturated carbocycles. The van der Waals surface area contributed by atoms with Gasteiger partial charge in [0.1, 0.15) is 54.2 Å². The summed E-state index contributed by atoms with van der Waals surface area (Å²) in [4.78, 5) is 0. The molecular weight excluding hydrogens is 418 g/mol. The number of hydrogen-bond acceptors (Lipinski definition) is 12. The Bertz CT molecular complexity index is 688. The Hall–Kier alpha value is -1.58. The van der Waals surface area contributed by atoms with Gasteiger partial charge in [-0.3, -0.25) is 0 Å². The highest BCUT2D eigenvalue weighted by Gasteiger charge is 2.50. The maximum atomic E-state index is 10.6. The van der Waals surface area contributed by atoms with Crippen LogP contribution in [0.25, 0.3) is 0 Å². The van der Waals surface area contributed by atoms with Crippen molar-refractivity contribution in [1.29, 1.82) is 0 Å². The first-order chi connectivity index (χ1) is 14.8. The molecule has 1 aromatic rings. The van der Waals surface area contributed by atoms with E-state index in [0.29, 0.717) is 11.5 Å². The van der Waals surface area contributed by atoms with Crippen molar-refractivity contribution in [3.05, 3.63) is 24.3 Å². The number of ether oxygens (including phenoxy) is 5. The molecule has 2 heterocycles. The van der Waals surface area contributed by atoms with Gasteiger partial charge in [-0.15, -0.1) is 0 Å². The van der Waals surface area contributed by atoms with Crippen molar-refractivity contribution in [2.75, 3.05) is 20.3 Å². The van der Waals surface area contributed by atoms with Crippen LogP contribution in [0, 0.1) is 0 Å².